The number of fused-ring (bicyclic) bond motifs is 1. The molecular weight excluding hydrogens is 756 g/mol. The third kappa shape index (κ3) is 9.60. The lowest BCUT2D eigenvalue weighted by Gasteiger charge is -2.47. The maximum atomic E-state index is 16.3. The van der Waals surface area contributed by atoms with Crippen LogP contribution in [-0.2, 0) is 27.1 Å². The van der Waals surface area contributed by atoms with E-state index >= 15 is 4.39 Å². The summed E-state index contributed by atoms with van der Waals surface area (Å²) in [7, 11) is -1.98. The van der Waals surface area contributed by atoms with Gasteiger partial charge in [0.1, 0.15) is 35.5 Å². The Labute approximate surface area is 343 Å². The largest absolute Gasteiger partial charge is 0.487 e. The van der Waals surface area contributed by atoms with Crippen LogP contribution in [-0.4, -0.2) is 78.8 Å². The summed E-state index contributed by atoms with van der Waals surface area (Å²) in [6.07, 6.45) is 6.93. The average molecular weight is 817 g/mol. The quantitative estimate of drug-likeness (QED) is 0.104. The molecule has 3 N–H and O–H groups in total. The molecule has 3 heterocycles. The Balaban J connectivity index is 1.10. The Morgan fingerprint density at radius 1 is 1.03 bits per heavy atom. The van der Waals surface area contributed by atoms with E-state index in [1.165, 1.54) is 6.07 Å². The zero-order valence-corrected chi connectivity index (χ0v) is 35.9. The van der Waals surface area contributed by atoms with Crippen molar-refractivity contribution >= 4 is 31.9 Å². The van der Waals surface area contributed by atoms with Crippen LogP contribution in [0.25, 0.3) is 0 Å². The SMILES string of the molecule is CCn1nccc1C(=O)N[C@H](C(=O)Nc1cc2c(cc1F)C(NCCO[Si](C)(C)C(C)(C)C)CC1(CCN(C(=O)OCc3ccccc3)CC1)O2)C(C1CC1)C1CC1. The minimum atomic E-state index is -1.98. The number of aromatic nitrogens is 2. The van der Waals surface area contributed by atoms with Crippen LogP contribution in [0.3, 0.4) is 0 Å². The van der Waals surface area contributed by atoms with Crippen molar-refractivity contribution in [3.8, 4) is 5.75 Å². The molecule has 3 aromatic rings. The fraction of sp³-hybridized carbons (Fsp3) is 0.591. The number of nitrogens with zero attached hydrogens (tertiary/aromatic N) is 3. The molecule has 2 atom stereocenters. The third-order valence-electron chi connectivity index (χ3n) is 13.1. The number of anilines is 1. The lowest BCUT2D eigenvalue weighted by Crippen LogP contribution is -2.53. The lowest BCUT2D eigenvalue weighted by molar-refractivity contribution is -0.119. The Bertz CT molecular complexity index is 1920. The van der Waals surface area contributed by atoms with Gasteiger partial charge in [-0.05, 0) is 86.2 Å². The number of rotatable bonds is 15. The Hall–Kier alpha value is -4.27. The van der Waals surface area contributed by atoms with Crippen LogP contribution in [0.4, 0.5) is 14.9 Å². The maximum Gasteiger partial charge on any atom is 0.410 e. The van der Waals surface area contributed by atoms with E-state index in [-0.39, 0.29) is 41.3 Å². The van der Waals surface area contributed by atoms with Crippen LogP contribution >= 0.6 is 0 Å². The second-order valence-corrected chi connectivity index (χ2v) is 23.0. The van der Waals surface area contributed by atoms with E-state index in [0.29, 0.717) is 80.9 Å². The number of carbonyl (C=O) groups is 3. The van der Waals surface area contributed by atoms with Gasteiger partial charge in [-0.25, -0.2) is 9.18 Å². The second kappa shape index (κ2) is 17.1. The molecule has 2 saturated carbocycles. The smallest absolute Gasteiger partial charge is 0.410 e. The van der Waals surface area contributed by atoms with Crippen molar-refractivity contribution < 1.29 is 32.7 Å². The molecule has 7 rings (SSSR count). The summed E-state index contributed by atoms with van der Waals surface area (Å²) in [5.74, 6) is -0.258. The summed E-state index contributed by atoms with van der Waals surface area (Å²) < 4.78 is 36.8. The van der Waals surface area contributed by atoms with E-state index < -0.39 is 31.7 Å². The molecule has 4 aliphatic rings. The molecule has 2 aliphatic carbocycles. The molecule has 14 heteroatoms. The molecule has 2 aliphatic heterocycles. The highest BCUT2D eigenvalue weighted by Crippen LogP contribution is 2.51. The molecule has 12 nitrogen and oxygen atoms in total. The lowest BCUT2D eigenvalue weighted by atomic mass is 9.80. The first-order valence-corrected chi connectivity index (χ1v) is 24.1. The highest BCUT2D eigenvalue weighted by atomic mass is 28.4. The number of benzene rings is 2. The molecular formula is C44H61FN6O6Si. The van der Waals surface area contributed by atoms with Gasteiger partial charge >= 0.3 is 6.09 Å². The third-order valence-corrected chi connectivity index (χ3v) is 17.6. The standard InChI is InChI=1S/C44H61FN6O6Si/c1-7-51-36(17-20-47-51)40(52)49-39(38(30-13-14-30)31-15-16-31)41(53)48-34-26-37-32(25-33(34)45)35(46-21-24-56-58(5,6)43(2,3)4)27-44(57-37)18-22-50(23-19-44)42(54)55-28-29-11-9-8-10-12-29/h8-12,17,20,25-26,30-31,35,38-39,46H,7,13-16,18-19,21-24,27-28H2,1-6H3,(H,48,53)(H,49,52)/t35?,39-/m0/s1. The van der Waals surface area contributed by atoms with Crippen LogP contribution in [0.2, 0.25) is 18.1 Å². The first-order chi connectivity index (χ1) is 27.7. The summed E-state index contributed by atoms with van der Waals surface area (Å²) in [5.41, 5.74) is 1.34. The number of amides is 3. The summed E-state index contributed by atoms with van der Waals surface area (Å²) >= 11 is 0. The number of halogens is 1. The van der Waals surface area contributed by atoms with Crippen molar-refractivity contribution in [3.63, 3.8) is 0 Å². The Morgan fingerprint density at radius 2 is 1.72 bits per heavy atom. The predicted octanol–water partition coefficient (Wildman–Crippen LogP) is 7.82. The normalized spacial score (nSPS) is 19.7. The fourth-order valence-electron chi connectivity index (χ4n) is 8.36. The fourth-order valence-corrected chi connectivity index (χ4v) is 9.41. The van der Waals surface area contributed by atoms with Crippen LogP contribution < -0.4 is 20.7 Å². The van der Waals surface area contributed by atoms with Crippen molar-refractivity contribution in [1.29, 1.82) is 0 Å². The zero-order valence-electron chi connectivity index (χ0n) is 34.9. The molecule has 314 valence electrons. The number of nitrogens with one attached hydrogen (secondary N) is 3. The number of hydrogen-bond acceptors (Lipinski definition) is 8. The summed E-state index contributed by atoms with van der Waals surface area (Å²) in [5, 5.41) is 13.9. The van der Waals surface area contributed by atoms with Crippen LogP contribution in [0, 0.1) is 23.6 Å². The zero-order chi connectivity index (χ0) is 41.2. The van der Waals surface area contributed by atoms with Crippen molar-refractivity contribution in [2.24, 2.45) is 17.8 Å². The van der Waals surface area contributed by atoms with Gasteiger partial charge in [0.25, 0.3) is 5.91 Å². The first kappa shape index (κ1) is 41.9. The summed E-state index contributed by atoms with van der Waals surface area (Å²) in [4.78, 5) is 42.7. The second-order valence-electron chi connectivity index (χ2n) is 18.2. The van der Waals surface area contributed by atoms with Crippen molar-refractivity contribution in [2.45, 2.75) is 122 Å². The van der Waals surface area contributed by atoms with Gasteiger partial charge in [0, 0.05) is 75.9 Å². The van der Waals surface area contributed by atoms with Gasteiger partial charge in [0.15, 0.2) is 8.32 Å². The highest BCUT2D eigenvalue weighted by Gasteiger charge is 2.49. The van der Waals surface area contributed by atoms with Crippen molar-refractivity contribution in [1.82, 2.24) is 25.3 Å². The van der Waals surface area contributed by atoms with Gasteiger partial charge in [0.2, 0.25) is 5.91 Å². The van der Waals surface area contributed by atoms with Gasteiger partial charge in [-0.3, -0.25) is 14.3 Å². The molecule has 1 saturated heterocycles. The van der Waals surface area contributed by atoms with E-state index in [1.807, 2.05) is 37.3 Å². The van der Waals surface area contributed by atoms with Crippen molar-refractivity contribution in [2.75, 3.05) is 31.6 Å². The summed E-state index contributed by atoms with van der Waals surface area (Å²) in [6, 6.07) is 13.2. The topological polar surface area (TPSA) is 136 Å². The Kier molecular flexibility index (Phi) is 12.4. The monoisotopic (exact) mass is 816 g/mol. The number of aryl methyl sites for hydroxylation is 1. The van der Waals surface area contributed by atoms with Gasteiger partial charge in [-0.15, -0.1) is 0 Å². The minimum absolute atomic E-state index is 0.00549. The first-order valence-electron chi connectivity index (χ1n) is 21.2. The van der Waals surface area contributed by atoms with E-state index in [1.54, 1.807) is 27.9 Å². The maximum absolute atomic E-state index is 16.3. The van der Waals surface area contributed by atoms with Gasteiger partial charge in [0.05, 0.1) is 5.69 Å². The summed E-state index contributed by atoms with van der Waals surface area (Å²) in [6.45, 7) is 15.7. The van der Waals surface area contributed by atoms with Gasteiger partial charge in [-0.2, -0.15) is 5.10 Å². The highest BCUT2D eigenvalue weighted by molar-refractivity contribution is 6.74. The molecule has 3 fully saturated rings. The van der Waals surface area contributed by atoms with Crippen LogP contribution in [0.5, 0.6) is 5.75 Å². The van der Waals surface area contributed by atoms with E-state index in [2.05, 4.69) is 54.9 Å². The van der Waals surface area contributed by atoms with Crippen molar-refractivity contribution in [3.05, 3.63) is 77.4 Å². The van der Waals surface area contributed by atoms with Gasteiger partial charge in [-0.1, -0.05) is 51.1 Å². The van der Waals surface area contributed by atoms with Gasteiger partial charge < -0.3 is 34.8 Å². The predicted molar refractivity (Wildman–Crippen MR) is 222 cm³/mol. The number of hydrogen-bond donors (Lipinski definition) is 3. The average Bonchev–Trinajstić information content (AvgIpc) is 4.15. The number of piperidine rings is 1. The molecule has 58 heavy (non-hydrogen) atoms. The Morgan fingerprint density at radius 3 is 2.36 bits per heavy atom. The molecule has 2 aromatic carbocycles. The molecule has 3 amide bonds. The molecule has 0 bridgehead atoms. The van der Waals surface area contributed by atoms with E-state index in [9.17, 15) is 14.4 Å². The number of carbonyl (C=O) groups excluding carboxylic acids is 3. The molecule has 0 radical (unpaired) electrons. The molecule has 1 unspecified atom stereocenters. The molecule has 1 aromatic heterocycles. The van der Waals surface area contributed by atoms with E-state index in [0.717, 1.165) is 31.2 Å². The number of likely N-dealkylation sites (tertiary alicyclic amines) is 1. The number of ether oxygens (including phenoxy) is 2. The molecule has 1 spiro atoms. The van der Waals surface area contributed by atoms with Crippen LogP contribution in [0.15, 0.2) is 54.7 Å². The van der Waals surface area contributed by atoms with E-state index in [4.69, 9.17) is 13.9 Å². The van der Waals surface area contributed by atoms with Crippen LogP contribution in [0.1, 0.15) is 100 Å². The minimum Gasteiger partial charge on any atom is -0.487 e.